The number of amides is 2. The zero-order valence-electron chi connectivity index (χ0n) is 14.4. The first-order valence-corrected chi connectivity index (χ1v) is 8.16. The number of carbonyl (C=O) groups is 1. The van der Waals surface area contributed by atoms with E-state index in [2.05, 4.69) is 36.0 Å². The summed E-state index contributed by atoms with van der Waals surface area (Å²) in [7, 11) is 1.73. The first kappa shape index (κ1) is 17.3. The fourth-order valence-corrected chi connectivity index (χ4v) is 2.53. The Balaban J connectivity index is 2.05. The predicted octanol–water partition coefficient (Wildman–Crippen LogP) is 3.53. The number of aromatic nitrogens is 1. The fraction of sp³-hybridized carbons (Fsp3) is 0.500. The second kappa shape index (κ2) is 7.51. The molecule has 0 saturated carbocycles. The van der Waals surface area contributed by atoms with Crippen molar-refractivity contribution in [2.45, 2.75) is 39.8 Å². The minimum atomic E-state index is -0.401. The van der Waals surface area contributed by atoms with Gasteiger partial charge in [0, 0.05) is 42.9 Å². The Kier molecular flexibility index (Phi) is 5.66. The van der Waals surface area contributed by atoms with Crippen molar-refractivity contribution in [2.75, 3.05) is 18.9 Å². The molecule has 0 spiro atoms. The lowest BCUT2D eigenvalue weighted by Gasteiger charge is -2.18. The number of fused-ring (bicyclic) bond motifs is 1. The molecule has 1 aromatic heterocycles. The van der Waals surface area contributed by atoms with Gasteiger partial charge in [0.05, 0.1) is 6.10 Å². The minimum absolute atomic E-state index is 0.161. The molecule has 0 bridgehead atoms. The van der Waals surface area contributed by atoms with Crippen LogP contribution in [0.5, 0.6) is 0 Å². The molecular weight excluding hydrogens is 290 g/mol. The Morgan fingerprint density at radius 1 is 1.30 bits per heavy atom. The maximum Gasteiger partial charge on any atom is 0.321 e. The Hall–Kier alpha value is -2.01. The van der Waals surface area contributed by atoms with Crippen LogP contribution in [0.25, 0.3) is 10.9 Å². The smallest absolute Gasteiger partial charge is 0.321 e. The van der Waals surface area contributed by atoms with Crippen LogP contribution in [0.2, 0.25) is 0 Å². The summed E-state index contributed by atoms with van der Waals surface area (Å²) in [6.07, 6.45) is 2.26. The molecule has 5 heteroatoms. The Morgan fingerprint density at radius 2 is 2.04 bits per heavy atom. The van der Waals surface area contributed by atoms with Crippen molar-refractivity contribution in [3.8, 4) is 0 Å². The lowest BCUT2D eigenvalue weighted by molar-refractivity contribution is 0.167. The van der Waals surface area contributed by atoms with Gasteiger partial charge in [-0.1, -0.05) is 13.8 Å². The number of rotatable bonds is 6. The summed E-state index contributed by atoms with van der Waals surface area (Å²) in [6.45, 7) is 7.63. The summed E-state index contributed by atoms with van der Waals surface area (Å²) in [5.74, 6) is 0.590. The predicted molar refractivity (Wildman–Crippen MR) is 94.7 cm³/mol. The molecule has 2 amide bonds. The fourth-order valence-electron chi connectivity index (χ4n) is 2.53. The normalized spacial score (nSPS) is 12.6. The SMILES string of the molecule is CC(C)Cn1ccc2cc(NC(=O)N(C)CCC(C)O)ccc21. The van der Waals surface area contributed by atoms with E-state index < -0.39 is 6.10 Å². The quantitative estimate of drug-likeness (QED) is 0.856. The molecule has 0 saturated heterocycles. The van der Waals surface area contributed by atoms with Crippen LogP contribution in [0.4, 0.5) is 10.5 Å². The van der Waals surface area contributed by atoms with Crippen LogP contribution in [-0.4, -0.2) is 40.3 Å². The number of aliphatic hydroxyl groups excluding tert-OH is 1. The lowest BCUT2D eigenvalue weighted by atomic mass is 10.2. The van der Waals surface area contributed by atoms with E-state index in [1.54, 1.807) is 18.9 Å². The molecule has 23 heavy (non-hydrogen) atoms. The highest BCUT2D eigenvalue weighted by Gasteiger charge is 2.11. The molecular formula is C18H27N3O2. The molecule has 0 fully saturated rings. The largest absolute Gasteiger partial charge is 0.393 e. The van der Waals surface area contributed by atoms with Crippen LogP contribution in [0.1, 0.15) is 27.2 Å². The van der Waals surface area contributed by atoms with Crippen LogP contribution >= 0.6 is 0 Å². The number of nitrogens with one attached hydrogen (secondary N) is 1. The maximum atomic E-state index is 12.1. The molecule has 126 valence electrons. The van der Waals surface area contributed by atoms with Crippen molar-refractivity contribution in [2.24, 2.45) is 5.92 Å². The zero-order valence-corrected chi connectivity index (χ0v) is 14.4. The second-order valence-electron chi connectivity index (χ2n) is 6.62. The van der Waals surface area contributed by atoms with E-state index in [9.17, 15) is 9.90 Å². The Bertz CT molecular complexity index is 661. The molecule has 2 rings (SSSR count). The number of nitrogens with zero attached hydrogens (tertiary/aromatic N) is 2. The summed E-state index contributed by atoms with van der Waals surface area (Å²) >= 11 is 0. The first-order chi connectivity index (χ1) is 10.9. The van der Waals surface area contributed by atoms with Crippen LogP contribution < -0.4 is 5.32 Å². The van der Waals surface area contributed by atoms with Crippen molar-refractivity contribution < 1.29 is 9.90 Å². The summed E-state index contributed by atoms with van der Waals surface area (Å²) < 4.78 is 2.24. The van der Waals surface area contributed by atoms with Gasteiger partial charge in [0.2, 0.25) is 0 Å². The van der Waals surface area contributed by atoms with E-state index >= 15 is 0 Å². The number of hydrogen-bond donors (Lipinski definition) is 2. The molecule has 1 atom stereocenters. The Labute approximate surface area is 137 Å². The van der Waals surface area contributed by atoms with Gasteiger partial charge in [-0.15, -0.1) is 0 Å². The first-order valence-electron chi connectivity index (χ1n) is 8.16. The van der Waals surface area contributed by atoms with Crippen molar-refractivity contribution in [3.05, 3.63) is 30.5 Å². The molecule has 2 N–H and O–H groups in total. The van der Waals surface area contributed by atoms with Gasteiger partial charge in [-0.3, -0.25) is 0 Å². The van der Waals surface area contributed by atoms with Crippen LogP contribution in [-0.2, 0) is 6.54 Å². The third kappa shape index (κ3) is 4.73. The van der Waals surface area contributed by atoms with Gasteiger partial charge in [-0.25, -0.2) is 4.79 Å². The molecule has 2 aromatic rings. The van der Waals surface area contributed by atoms with Gasteiger partial charge < -0.3 is 19.9 Å². The van der Waals surface area contributed by atoms with E-state index in [0.717, 1.165) is 17.6 Å². The molecule has 0 aliphatic carbocycles. The monoisotopic (exact) mass is 317 g/mol. The number of carbonyl (C=O) groups excluding carboxylic acids is 1. The molecule has 1 heterocycles. The number of urea groups is 1. The van der Waals surface area contributed by atoms with Gasteiger partial charge in [0.25, 0.3) is 0 Å². The van der Waals surface area contributed by atoms with Gasteiger partial charge in [-0.2, -0.15) is 0 Å². The van der Waals surface area contributed by atoms with Crippen molar-refractivity contribution >= 4 is 22.6 Å². The van der Waals surface area contributed by atoms with Crippen LogP contribution in [0, 0.1) is 5.92 Å². The van der Waals surface area contributed by atoms with Crippen molar-refractivity contribution in [1.29, 1.82) is 0 Å². The van der Waals surface area contributed by atoms with Gasteiger partial charge >= 0.3 is 6.03 Å². The molecule has 0 aliphatic heterocycles. The molecule has 1 aromatic carbocycles. The van der Waals surface area contributed by atoms with Gasteiger partial charge in [0.15, 0.2) is 0 Å². The molecule has 0 aliphatic rings. The molecule has 1 unspecified atom stereocenters. The molecule has 0 radical (unpaired) electrons. The summed E-state index contributed by atoms with van der Waals surface area (Å²) in [5, 5.41) is 13.3. The van der Waals surface area contributed by atoms with Gasteiger partial charge in [0.1, 0.15) is 0 Å². The second-order valence-corrected chi connectivity index (χ2v) is 6.62. The summed E-state index contributed by atoms with van der Waals surface area (Å²) in [5.41, 5.74) is 1.97. The highest BCUT2D eigenvalue weighted by Crippen LogP contribution is 2.21. The average Bonchev–Trinajstić information content (AvgIpc) is 2.86. The highest BCUT2D eigenvalue weighted by molar-refractivity contribution is 5.92. The summed E-state index contributed by atoms with van der Waals surface area (Å²) in [6, 6.07) is 7.88. The number of hydrogen-bond acceptors (Lipinski definition) is 2. The molecule has 5 nitrogen and oxygen atoms in total. The van der Waals surface area contributed by atoms with Crippen LogP contribution in [0.3, 0.4) is 0 Å². The van der Waals surface area contributed by atoms with E-state index in [4.69, 9.17) is 0 Å². The summed E-state index contributed by atoms with van der Waals surface area (Å²) in [4.78, 5) is 13.7. The van der Waals surface area contributed by atoms with E-state index in [1.165, 1.54) is 5.52 Å². The van der Waals surface area contributed by atoms with E-state index in [1.807, 2.05) is 18.2 Å². The minimum Gasteiger partial charge on any atom is -0.393 e. The standard InChI is InChI=1S/C18H27N3O2/c1-13(2)12-21-10-8-15-11-16(5-6-17(15)21)19-18(23)20(4)9-7-14(3)22/h5-6,8,10-11,13-14,22H,7,9,12H2,1-4H3,(H,19,23). The van der Waals surface area contributed by atoms with Crippen LogP contribution in [0.15, 0.2) is 30.5 Å². The lowest BCUT2D eigenvalue weighted by Crippen LogP contribution is -2.33. The number of anilines is 1. The van der Waals surface area contributed by atoms with Crippen molar-refractivity contribution in [3.63, 3.8) is 0 Å². The zero-order chi connectivity index (χ0) is 17.0. The average molecular weight is 317 g/mol. The van der Waals surface area contributed by atoms with E-state index in [0.29, 0.717) is 18.9 Å². The third-order valence-electron chi connectivity index (χ3n) is 3.81. The Morgan fingerprint density at radius 3 is 2.70 bits per heavy atom. The number of benzene rings is 1. The van der Waals surface area contributed by atoms with Gasteiger partial charge in [-0.05, 0) is 43.5 Å². The highest BCUT2D eigenvalue weighted by atomic mass is 16.3. The van der Waals surface area contributed by atoms with E-state index in [-0.39, 0.29) is 6.03 Å². The van der Waals surface area contributed by atoms with Crippen molar-refractivity contribution in [1.82, 2.24) is 9.47 Å². The third-order valence-corrected chi connectivity index (χ3v) is 3.81. The topological polar surface area (TPSA) is 57.5 Å². The maximum absolute atomic E-state index is 12.1. The number of aliphatic hydroxyl groups is 1.